The van der Waals surface area contributed by atoms with Gasteiger partial charge in [-0.3, -0.25) is 9.89 Å². The third kappa shape index (κ3) is 3.24. The van der Waals surface area contributed by atoms with E-state index in [-0.39, 0.29) is 39.0 Å². The van der Waals surface area contributed by atoms with E-state index in [0.29, 0.717) is 17.4 Å². The van der Waals surface area contributed by atoms with Gasteiger partial charge in [0, 0.05) is 34.6 Å². The number of nitrogens with one attached hydrogen (secondary N) is 2. The highest BCUT2D eigenvalue weighted by Crippen LogP contribution is 2.52. The Labute approximate surface area is 204 Å². The molecule has 2 atom stereocenters. The first-order valence-corrected chi connectivity index (χ1v) is 11.7. The van der Waals surface area contributed by atoms with Crippen LogP contribution in [-0.2, 0) is 12.0 Å². The maximum Gasteiger partial charge on any atom is 0.249 e. The number of hydrogen-bond acceptors (Lipinski definition) is 4. The van der Waals surface area contributed by atoms with Crippen LogP contribution in [0.2, 0.25) is 5.02 Å². The molecule has 2 aliphatic heterocycles. The Morgan fingerprint density at radius 2 is 2.00 bits per heavy atom. The van der Waals surface area contributed by atoms with Crippen molar-refractivity contribution in [3.63, 3.8) is 0 Å². The fraction of sp³-hybridized carbons (Fsp3) is 0.231. The number of aromatic amines is 1. The summed E-state index contributed by atoms with van der Waals surface area (Å²) in [5.41, 5.74) is 6.10. The van der Waals surface area contributed by atoms with E-state index in [1.807, 2.05) is 30.3 Å². The summed E-state index contributed by atoms with van der Waals surface area (Å²) in [4.78, 5) is 12.4. The summed E-state index contributed by atoms with van der Waals surface area (Å²) in [6.07, 6.45) is 3.52. The summed E-state index contributed by atoms with van der Waals surface area (Å²) in [7, 11) is 0. The number of amides is 1. The predicted molar refractivity (Wildman–Crippen MR) is 128 cm³/mol. The van der Waals surface area contributed by atoms with Crippen LogP contribution in [0, 0.1) is 11.6 Å². The van der Waals surface area contributed by atoms with E-state index in [1.165, 1.54) is 18.3 Å². The molecule has 3 aromatic carbocycles. The Bertz CT molecular complexity index is 1480. The highest BCUT2D eigenvalue weighted by Gasteiger charge is 2.50. The lowest BCUT2D eigenvalue weighted by Gasteiger charge is -2.35. The van der Waals surface area contributed by atoms with Gasteiger partial charge in [0.15, 0.2) is 11.4 Å². The molecule has 6 rings (SSSR count). The lowest BCUT2D eigenvalue weighted by atomic mass is 9.80. The average molecular weight is 495 g/mol. The van der Waals surface area contributed by atoms with Gasteiger partial charge in [0.1, 0.15) is 17.1 Å². The van der Waals surface area contributed by atoms with Crippen molar-refractivity contribution in [2.24, 2.45) is 5.73 Å². The van der Waals surface area contributed by atoms with E-state index in [9.17, 15) is 4.79 Å². The second kappa shape index (κ2) is 8.03. The summed E-state index contributed by atoms with van der Waals surface area (Å²) in [6.45, 7) is 0.831. The molecule has 6 nitrogen and oxygen atoms in total. The minimum atomic E-state index is -0.859. The molecule has 9 heteroatoms. The molecule has 1 amide bonds. The molecule has 178 valence electrons. The molecular weight excluding hydrogens is 474 g/mol. The van der Waals surface area contributed by atoms with Crippen molar-refractivity contribution < 1.29 is 18.3 Å². The monoisotopic (exact) mass is 494 g/mol. The molecule has 0 saturated carbocycles. The number of primary amides is 1. The molecule has 0 bridgehead atoms. The fourth-order valence-corrected chi connectivity index (χ4v) is 5.78. The number of H-pyrrole nitrogens is 1. The molecule has 4 aromatic rings. The van der Waals surface area contributed by atoms with Gasteiger partial charge < -0.3 is 15.8 Å². The van der Waals surface area contributed by atoms with Gasteiger partial charge in [-0.05, 0) is 31.0 Å². The van der Waals surface area contributed by atoms with Gasteiger partial charge in [0.2, 0.25) is 5.91 Å². The van der Waals surface area contributed by atoms with Crippen molar-refractivity contribution in [1.29, 1.82) is 0 Å². The lowest BCUT2D eigenvalue weighted by Crippen LogP contribution is -2.48. The van der Waals surface area contributed by atoms with E-state index in [1.54, 1.807) is 0 Å². The number of ether oxygens (including phenoxy) is 1. The van der Waals surface area contributed by atoms with Crippen LogP contribution in [0.3, 0.4) is 0 Å². The van der Waals surface area contributed by atoms with Crippen LogP contribution in [-0.4, -0.2) is 28.7 Å². The molecule has 1 fully saturated rings. The predicted octanol–water partition coefficient (Wildman–Crippen LogP) is 4.84. The number of nitrogens with two attached hydrogens (primary N) is 1. The number of carbonyl (C=O) groups is 1. The van der Waals surface area contributed by atoms with E-state index in [0.717, 1.165) is 24.9 Å². The Morgan fingerprint density at radius 3 is 2.71 bits per heavy atom. The van der Waals surface area contributed by atoms with Gasteiger partial charge in [-0.2, -0.15) is 5.10 Å². The van der Waals surface area contributed by atoms with E-state index in [2.05, 4.69) is 15.5 Å². The van der Waals surface area contributed by atoms with Crippen LogP contribution in [0.4, 0.5) is 8.78 Å². The maximum atomic E-state index is 15.9. The third-order valence-electron chi connectivity index (χ3n) is 7.10. The second-order valence-corrected chi connectivity index (χ2v) is 9.40. The topological polar surface area (TPSA) is 93.0 Å². The summed E-state index contributed by atoms with van der Waals surface area (Å²) >= 11 is 6.49. The maximum absolute atomic E-state index is 15.9. The van der Waals surface area contributed by atoms with E-state index in [4.69, 9.17) is 22.1 Å². The minimum absolute atomic E-state index is 0.0532. The first-order valence-electron chi connectivity index (χ1n) is 11.4. The Hall–Kier alpha value is -3.49. The molecule has 0 unspecified atom stereocenters. The van der Waals surface area contributed by atoms with Gasteiger partial charge in [0.05, 0.1) is 22.8 Å². The van der Waals surface area contributed by atoms with Crippen molar-refractivity contribution in [1.82, 2.24) is 15.5 Å². The highest BCUT2D eigenvalue weighted by molar-refractivity contribution is 6.34. The smallest absolute Gasteiger partial charge is 0.249 e. The standard InChI is InChI=1S/C26H21ClF2N4O2/c27-22-17(28)10-18-16(11-26(35-18,19-7-4-8-31-19)14-5-2-1-3-6-14)20(22)21-15(25(30)34)9-13-12-32-33-24(13)23(21)29/h1-3,5-6,9-10,12,19,31H,4,7-8,11H2,(H2,30,34)(H,32,33)/t19-,26-/m0/s1. The largest absolute Gasteiger partial charge is 0.480 e. The quantitative estimate of drug-likeness (QED) is 0.378. The zero-order valence-electron chi connectivity index (χ0n) is 18.5. The number of halogens is 3. The van der Waals surface area contributed by atoms with Gasteiger partial charge >= 0.3 is 0 Å². The number of rotatable bonds is 4. The molecular formula is C26H21ClF2N4O2. The van der Waals surface area contributed by atoms with Crippen molar-refractivity contribution in [3.8, 4) is 16.9 Å². The molecule has 0 aliphatic carbocycles. The first-order chi connectivity index (χ1) is 16.9. The third-order valence-corrected chi connectivity index (χ3v) is 7.47. The molecule has 2 aliphatic rings. The van der Waals surface area contributed by atoms with Crippen LogP contribution >= 0.6 is 11.6 Å². The second-order valence-electron chi connectivity index (χ2n) is 9.02. The van der Waals surface area contributed by atoms with Crippen molar-refractivity contribution in [2.45, 2.75) is 30.9 Å². The van der Waals surface area contributed by atoms with Gasteiger partial charge in [-0.25, -0.2) is 8.78 Å². The fourth-order valence-electron chi connectivity index (χ4n) is 5.51. The molecule has 35 heavy (non-hydrogen) atoms. The van der Waals surface area contributed by atoms with Crippen LogP contribution in [0.25, 0.3) is 22.0 Å². The average Bonchev–Trinajstić information content (AvgIpc) is 3.61. The normalized spacial score (nSPS) is 21.3. The lowest BCUT2D eigenvalue weighted by molar-refractivity contribution is 0.0539. The number of benzene rings is 3. The van der Waals surface area contributed by atoms with Crippen LogP contribution < -0.4 is 15.8 Å². The van der Waals surface area contributed by atoms with Gasteiger partial charge in [-0.15, -0.1) is 0 Å². The molecule has 1 saturated heterocycles. The first kappa shape index (κ1) is 22.0. The van der Waals surface area contributed by atoms with Crippen molar-refractivity contribution >= 4 is 28.4 Å². The minimum Gasteiger partial charge on any atom is -0.480 e. The summed E-state index contributed by atoms with van der Waals surface area (Å²) in [5, 5.41) is 10.0. The van der Waals surface area contributed by atoms with Crippen LogP contribution in [0.15, 0.2) is 48.7 Å². The Kier molecular flexibility index (Phi) is 5.05. The van der Waals surface area contributed by atoms with Gasteiger partial charge in [0.25, 0.3) is 0 Å². The van der Waals surface area contributed by atoms with E-state index >= 15 is 8.78 Å². The molecule has 0 spiro atoms. The number of aromatic nitrogens is 2. The van der Waals surface area contributed by atoms with Gasteiger partial charge in [-0.1, -0.05) is 41.9 Å². The summed E-state index contributed by atoms with van der Waals surface area (Å²) < 4.78 is 37.6. The number of nitrogens with zero attached hydrogens (tertiary/aromatic N) is 1. The van der Waals surface area contributed by atoms with Crippen molar-refractivity contribution in [2.75, 3.05) is 6.54 Å². The number of carbonyl (C=O) groups excluding carboxylic acids is 1. The molecule has 1 aromatic heterocycles. The molecule has 0 radical (unpaired) electrons. The number of fused-ring (bicyclic) bond motifs is 2. The molecule has 3 heterocycles. The zero-order valence-corrected chi connectivity index (χ0v) is 19.3. The Balaban J connectivity index is 1.63. The van der Waals surface area contributed by atoms with Crippen molar-refractivity contribution in [3.05, 3.63) is 82.0 Å². The SMILES string of the molecule is NC(=O)c1cc2cn[nH]c2c(F)c1-c1c(Cl)c(F)cc2c1C[C@](c1ccccc1)([C@@H]1CCCN1)O2. The van der Waals surface area contributed by atoms with Crippen LogP contribution in [0.1, 0.15) is 34.3 Å². The van der Waals surface area contributed by atoms with E-state index < -0.39 is 23.1 Å². The highest BCUT2D eigenvalue weighted by atomic mass is 35.5. The summed E-state index contributed by atoms with van der Waals surface area (Å²) in [5.74, 6) is -2.15. The molecule has 4 N–H and O–H groups in total. The summed E-state index contributed by atoms with van der Waals surface area (Å²) in [6, 6.07) is 12.3. The number of hydrogen-bond donors (Lipinski definition) is 3. The Morgan fingerprint density at radius 1 is 1.20 bits per heavy atom. The zero-order chi connectivity index (χ0) is 24.3. The van der Waals surface area contributed by atoms with Crippen LogP contribution in [0.5, 0.6) is 5.75 Å².